The Morgan fingerprint density at radius 2 is 1.81 bits per heavy atom. The van der Waals surface area contributed by atoms with Gasteiger partial charge in [-0.25, -0.2) is 0 Å². The van der Waals surface area contributed by atoms with Gasteiger partial charge in [0.25, 0.3) is 11.1 Å². The molecular formula is C28H20BrClN2O3S. The predicted octanol–water partition coefficient (Wildman–Crippen LogP) is 7.33. The number of aryl methyl sites for hydroxylation is 1. The van der Waals surface area contributed by atoms with Crippen molar-refractivity contribution >= 4 is 73.2 Å². The predicted molar refractivity (Wildman–Crippen MR) is 148 cm³/mol. The Balaban J connectivity index is 1.45. The minimum atomic E-state index is -0.465. The van der Waals surface area contributed by atoms with E-state index in [1.165, 1.54) is 0 Å². The van der Waals surface area contributed by atoms with Crippen molar-refractivity contribution in [2.24, 2.45) is 0 Å². The Morgan fingerprint density at radius 1 is 1.06 bits per heavy atom. The molecule has 5 nitrogen and oxygen atoms in total. The largest absolute Gasteiger partial charge is 0.342 e. The number of benzene rings is 3. The third-order valence-electron chi connectivity index (χ3n) is 6.01. The molecule has 36 heavy (non-hydrogen) atoms. The van der Waals surface area contributed by atoms with Crippen LogP contribution in [0.25, 0.3) is 17.0 Å². The number of carbonyl (C=O) groups excluding carboxylic acids is 3. The first-order valence-corrected chi connectivity index (χ1v) is 13.2. The summed E-state index contributed by atoms with van der Waals surface area (Å²) in [4.78, 5) is 39.8. The lowest BCUT2D eigenvalue weighted by molar-refractivity contribution is -0.122. The van der Waals surface area contributed by atoms with Crippen LogP contribution in [0.15, 0.2) is 82.3 Å². The van der Waals surface area contributed by atoms with Crippen molar-refractivity contribution in [1.29, 1.82) is 0 Å². The Hall–Kier alpha value is -3.13. The van der Waals surface area contributed by atoms with Crippen LogP contribution >= 0.6 is 39.3 Å². The fourth-order valence-electron chi connectivity index (χ4n) is 4.10. The second-order valence-electron chi connectivity index (χ2n) is 8.52. The van der Waals surface area contributed by atoms with Gasteiger partial charge in [-0.1, -0.05) is 75.6 Å². The summed E-state index contributed by atoms with van der Waals surface area (Å²) >= 11 is 10.8. The number of fused-ring (bicyclic) bond motifs is 1. The summed E-state index contributed by atoms with van der Waals surface area (Å²) in [5.74, 6) is -0.744. The summed E-state index contributed by atoms with van der Waals surface area (Å²) in [6.07, 6.45) is 3.67. The maximum atomic E-state index is 13.1. The minimum absolute atomic E-state index is 0.279. The molecule has 4 aromatic rings. The molecule has 3 aromatic carbocycles. The van der Waals surface area contributed by atoms with Crippen molar-refractivity contribution in [3.05, 3.63) is 110 Å². The Morgan fingerprint density at radius 3 is 2.56 bits per heavy atom. The Labute approximate surface area is 225 Å². The molecule has 1 saturated heterocycles. The van der Waals surface area contributed by atoms with Gasteiger partial charge in [-0.05, 0) is 54.6 Å². The van der Waals surface area contributed by atoms with Crippen LogP contribution in [-0.2, 0) is 11.3 Å². The van der Waals surface area contributed by atoms with Gasteiger partial charge in [0, 0.05) is 44.3 Å². The number of aromatic nitrogens is 1. The minimum Gasteiger partial charge on any atom is -0.342 e. The van der Waals surface area contributed by atoms with E-state index in [0.29, 0.717) is 17.1 Å². The highest BCUT2D eigenvalue weighted by Gasteiger charge is 2.36. The van der Waals surface area contributed by atoms with E-state index in [4.69, 9.17) is 11.6 Å². The van der Waals surface area contributed by atoms with Crippen molar-refractivity contribution in [2.45, 2.75) is 13.5 Å². The van der Waals surface area contributed by atoms with Crippen LogP contribution < -0.4 is 0 Å². The van der Waals surface area contributed by atoms with E-state index in [-0.39, 0.29) is 17.2 Å². The molecule has 1 aliphatic rings. The van der Waals surface area contributed by atoms with Crippen molar-refractivity contribution in [3.8, 4) is 0 Å². The summed E-state index contributed by atoms with van der Waals surface area (Å²) in [5.41, 5.74) is 4.24. The summed E-state index contributed by atoms with van der Waals surface area (Å²) in [7, 11) is 0. The lowest BCUT2D eigenvalue weighted by Crippen LogP contribution is -2.33. The highest BCUT2D eigenvalue weighted by atomic mass is 79.9. The number of Topliss-reactive ketones (excluding diaryl/α,β-unsaturated/α-hetero) is 1. The van der Waals surface area contributed by atoms with Gasteiger partial charge in [-0.2, -0.15) is 0 Å². The third-order valence-corrected chi connectivity index (χ3v) is 7.78. The van der Waals surface area contributed by atoms with Crippen LogP contribution in [0.5, 0.6) is 0 Å². The van der Waals surface area contributed by atoms with Gasteiger partial charge in [0.15, 0.2) is 5.78 Å². The highest BCUT2D eigenvalue weighted by Crippen LogP contribution is 2.35. The quantitative estimate of drug-likeness (QED) is 0.177. The van der Waals surface area contributed by atoms with Gasteiger partial charge in [-0.3, -0.25) is 19.3 Å². The monoisotopic (exact) mass is 578 g/mol. The van der Waals surface area contributed by atoms with Gasteiger partial charge in [0.05, 0.1) is 11.4 Å². The van der Waals surface area contributed by atoms with E-state index in [0.717, 1.165) is 48.7 Å². The van der Waals surface area contributed by atoms with Gasteiger partial charge < -0.3 is 4.57 Å². The second kappa shape index (κ2) is 10.1. The normalized spacial score (nSPS) is 14.9. The van der Waals surface area contributed by atoms with Crippen molar-refractivity contribution in [1.82, 2.24) is 9.47 Å². The summed E-state index contributed by atoms with van der Waals surface area (Å²) in [6, 6.07) is 20.7. The van der Waals surface area contributed by atoms with Crippen LogP contribution in [0.1, 0.15) is 27.0 Å². The van der Waals surface area contributed by atoms with Gasteiger partial charge in [0.1, 0.15) is 0 Å². The van der Waals surface area contributed by atoms with Crippen molar-refractivity contribution < 1.29 is 14.4 Å². The van der Waals surface area contributed by atoms with Crippen LogP contribution in [0, 0.1) is 6.92 Å². The first-order valence-electron chi connectivity index (χ1n) is 11.2. The number of imide groups is 1. The number of thioether (sulfide) groups is 1. The number of carbonyl (C=O) groups is 3. The van der Waals surface area contributed by atoms with Crippen LogP contribution in [0.4, 0.5) is 4.79 Å². The van der Waals surface area contributed by atoms with Gasteiger partial charge in [-0.15, -0.1) is 0 Å². The average molecular weight is 580 g/mol. The molecule has 0 spiro atoms. The number of halogens is 2. The average Bonchev–Trinajstić information content (AvgIpc) is 3.32. The molecule has 8 heteroatoms. The van der Waals surface area contributed by atoms with Crippen LogP contribution in [-0.4, -0.2) is 32.9 Å². The van der Waals surface area contributed by atoms with Crippen molar-refractivity contribution in [3.63, 3.8) is 0 Å². The molecule has 0 unspecified atom stereocenters. The molecule has 0 bridgehead atoms. The third kappa shape index (κ3) is 4.91. The zero-order chi connectivity index (χ0) is 25.4. The second-order valence-corrected chi connectivity index (χ2v) is 10.8. The van der Waals surface area contributed by atoms with Gasteiger partial charge in [0.2, 0.25) is 0 Å². The summed E-state index contributed by atoms with van der Waals surface area (Å²) in [6.45, 7) is 2.20. The highest BCUT2D eigenvalue weighted by molar-refractivity contribution is 9.10. The summed E-state index contributed by atoms with van der Waals surface area (Å²) < 4.78 is 2.97. The van der Waals surface area contributed by atoms with Crippen LogP contribution in [0.2, 0.25) is 5.02 Å². The van der Waals surface area contributed by atoms with E-state index in [2.05, 4.69) is 20.5 Å². The number of amides is 2. The lowest BCUT2D eigenvalue weighted by atomic mass is 10.1. The fraction of sp³-hybridized carbons (Fsp3) is 0.107. The first-order chi connectivity index (χ1) is 17.3. The molecule has 1 aliphatic heterocycles. The standard InChI is InChI=1S/C28H20BrClN2O3S/c1-17-6-8-18(9-7-17)25(33)16-32-27(34)26(36-28(32)35)12-20-15-31(14-19-4-2-3-5-23(19)30)24-11-10-21(29)13-22(20)24/h2-13,15H,14,16H2,1H3/b26-12-. The zero-order valence-corrected chi connectivity index (χ0v) is 22.4. The molecule has 0 N–H and O–H groups in total. The lowest BCUT2D eigenvalue weighted by Gasteiger charge is -2.11. The molecule has 0 atom stereocenters. The van der Waals surface area contributed by atoms with Crippen LogP contribution in [0.3, 0.4) is 0 Å². The van der Waals surface area contributed by atoms with E-state index < -0.39 is 11.1 Å². The van der Waals surface area contributed by atoms with E-state index >= 15 is 0 Å². The number of hydrogen-bond donors (Lipinski definition) is 0. The molecule has 1 fully saturated rings. The molecule has 2 amide bonds. The maximum absolute atomic E-state index is 13.1. The van der Waals surface area contributed by atoms with Gasteiger partial charge >= 0.3 is 0 Å². The molecule has 2 heterocycles. The topological polar surface area (TPSA) is 59.4 Å². The fourth-order valence-corrected chi connectivity index (χ4v) is 5.49. The molecular weight excluding hydrogens is 560 g/mol. The molecule has 1 aromatic heterocycles. The van der Waals surface area contributed by atoms with E-state index in [9.17, 15) is 14.4 Å². The van der Waals surface area contributed by atoms with E-state index in [1.807, 2.05) is 67.7 Å². The van der Waals surface area contributed by atoms with Crippen molar-refractivity contribution in [2.75, 3.05) is 6.54 Å². The first kappa shape index (κ1) is 24.6. The number of rotatable bonds is 6. The number of nitrogens with zero attached hydrogens (tertiary/aromatic N) is 2. The number of hydrogen-bond acceptors (Lipinski definition) is 4. The maximum Gasteiger partial charge on any atom is 0.293 e. The van der Waals surface area contributed by atoms with E-state index in [1.54, 1.807) is 18.2 Å². The summed E-state index contributed by atoms with van der Waals surface area (Å²) in [5, 5.41) is 1.16. The number of ketones is 1. The molecule has 180 valence electrons. The SMILES string of the molecule is Cc1ccc(C(=O)CN2C(=O)S/C(=C\c3cn(Cc4ccccc4Cl)c4ccc(Br)cc34)C2=O)cc1. The Kier molecular flexibility index (Phi) is 6.88. The zero-order valence-electron chi connectivity index (χ0n) is 19.2. The molecule has 5 rings (SSSR count). The molecule has 0 radical (unpaired) electrons. The smallest absolute Gasteiger partial charge is 0.293 e. The Bertz CT molecular complexity index is 1560. The molecule has 0 aliphatic carbocycles. The molecule has 0 saturated carbocycles.